The molecule has 5 nitrogen and oxygen atoms in total. The summed E-state index contributed by atoms with van der Waals surface area (Å²) in [5.41, 5.74) is 4.16. The van der Waals surface area contributed by atoms with Gasteiger partial charge in [0.05, 0.1) is 0 Å². The molecule has 0 aliphatic heterocycles. The lowest BCUT2D eigenvalue weighted by molar-refractivity contribution is 0.0994. The number of nitrogens with two attached hydrogens (primary N) is 1. The number of amides is 1. The van der Waals surface area contributed by atoms with E-state index < -0.39 is 24.4 Å². The second kappa shape index (κ2) is 3.50. The third kappa shape index (κ3) is 2.01. The van der Waals surface area contributed by atoms with Crippen molar-refractivity contribution in [2.24, 2.45) is 5.73 Å². The van der Waals surface area contributed by atoms with Crippen LogP contribution in [0.25, 0.3) is 0 Å². The lowest BCUT2D eigenvalue weighted by Gasteiger charge is -2.01. The first kappa shape index (κ1) is 9.62. The van der Waals surface area contributed by atoms with Gasteiger partial charge in [0, 0.05) is 5.46 Å². The Bertz CT molecular complexity index is 345. The van der Waals surface area contributed by atoms with Crippen LogP contribution in [0, 0.1) is 5.95 Å². The Hall–Kier alpha value is -1.47. The predicted molar refractivity (Wildman–Crippen MR) is 42.5 cm³/mol. The highest BCUT2D eigenvalue weighted by Gasteiger charge is 2.18. The average Bonchev–Trinajstić information content (AvgIpc) is 2.03. The monoisotopic (exact) mass is 184 g/mol. The molecule has 0 fully saturated rings. The predicted octanol–water partition coefficient (Wildman–Crippen LogP) is -2.00. The Morgan fingerprint density at radius 1 is 1.54 bits per heavy atom. The number of hydrogen-bond donors (Lipinski definition) is 3. The van der Waals surface area contributed by atoms with Gasteiger partial charge in [-0.25, -0.2) is 4.98 Å². The van der Waals surface area contributed by atoms with E-state index in [0.717, 1.165) is 12.1 Å². The van der Waals surface area contributed by atoms with E-state index in [1.165, 1.54) is 0 Å². The maximum Gasteiger partial charge on any atom is 0.493 e. The van der Waals surface area contributed by atoms with Crippen molar-refractivity contribution in [3.63, 3.8) is 0 Å². The number of aromatic nitrogens is 1. The molecule has 68 valence electrons. The van der Waals surface area contributed by atoms with Crippen LogP contribution in [-0.2, 0) is 0 Å². The normalized spacial score (nSPS) is 9.77. The van der Waals surface area contributed by atoms with Gasteiger partial charge in [-0.05, 0) is 6.07 Å². The van der Waals surface area contributed by atoms with E-state index in [9.17, 15) is 9.18 Å². The van der Waals surface area contributed by atoms with Crippen LogP contribution in [0.4, 0.5) is 4.39 Å². The minimum Gasteiger partial charge on any atom is -0.423 e. The zero-order valence-electron chi connectivity index (χ0n) is 6.44. The fourth-order valence-corrected chi connectivity index (χ4v) is 0.775. The molecule has 0 saturated carbocycles. The number of nitrogens with zero attached hydrogens (tertiary/aromatic N) is 1. The highest BCUT2D eigenvalue weighted by molar-refractivity contribution is 6.58. The lowest BCUT2D eigenvalue weighted by Crippen LogP contribution is -2.34. The standard InChI is InChI=1S/C6H6BFN2O3/c8-5-3(7(12)13)1-2-4(10-5)6(9)11/h1-2,12-13H,(H2,9,11). The summed E-state index contributed by atoms with van der Waals surface area (Å²) in [5, 5.41) is 17.2. The van der Waals surface area contributed by atoms with E-state index in [1.54, 1.807) is 0 Å². The molecule has 0 radical (unpaired) electrons. The Morgan fingerprint density at radius 2 is 2.15 bits per heavy atom. The molecule has 0 unspecified atom stereocenters. The minimum absolute atomic E-state index is 0.262. The molecule has 0 saturated heterocycles. The van der Waals surface area contributed by atoms with Crippen LogP contribution in [0.5, 0.6) is 0 Å². The fourth-order valence-electron chi connectivity index (χ4n) is 0.775. The van der Waals surface area contributed by atoms with Gasteiger partial charge in [-0.3, -0.25) is 4.79 Å². The van der Waals surface area contributed by atoms with Crippen LogP contribution in [0.1, 0.15) is 10.5 Å². The quantitative estimate of drug-likeness (QED) is 0.365. The second-order valence-electron chi connectivity index (χ2n) is 2.31. The van der Waals surface area contributed by atoms with Gasteiger partial charge in [0.1, 0.15) is 5.69 Å². The molecule has 13 heavy (non-hydrogen) atoms. The molecule has 1 rings (SSSR count). The van der Waals surface area contributed by atoms with Gasteiger partial charge >= 0.3 is 7.12 Å². The van der Waals surface area contributed by atoms with Crippen molar-refractivity contribution in [1.82, 2.24) is 4.98 Å². The largest absolute Gasteiger partial charge is 0.493 e. The molecule has 0 spiro atoms. The third-order valence-electron chi connectivity index (χ3n) is 1.41. The van der Waals surface area contributed by atoms with Crippen molar-refractivity contribution in [3.8, 4) is 0 Å². The Labute approximate surface area is 73.2 Å². The summed E-state index contributed by atoms with van der Waals surface area (Å²) >= 11 is 0. The molecule has 1 aromatic heterocycles. The van der Waals surface area contributed by atoms with Crippen LogP contribution in [0.3, 0.4) is 0 Å². The van der Waals surface area contributed by atoms with Crippen molar-refractivity contribution in [2.45, 2.75) is 0 Å². The molecule has 0 bridgehead atoms. The molecule has 1 heterocycles. The molecule has 0 aliphatic rings. The number of carbonyl (C=O) groups is 1. The number of carbonyl (C=O) groups excluding carboxylic acids is 1. The molecule has 1 aromatic rings. The van der Waals surface area contributed by atoms with Crippen LogP contribution in [0.15, 0.2) is 12.1 Å². The highest BCUT2D eigenvalue weighted by Crippen LogP contribution is 1.95. The van der Waals surface area contributed by atoms with Crippen molar-refractivity contribution < 1.29 is 19.2 Å². The van der Waals surface area contributed by atoms with E-state index in [1.807, 2.05) is 0 Å². The van der Waals surface area contributed by atoms with Crippen LogP contribution < -0.4 is 11.2 Å². The van der Waals surface area contributed by atoms with Gasteiger partial charge in [0.2, 0.25) is 5.95 Å². The molecule has 0 aromatic carbocycles. The van der Waals surface area contributed by atoms with Crippen molar-refractivity contribution in [1.29, 1.82) is 0 Å². The summed E-state index contributed by atoms with van der Waals surface area (Å²) in [5.74, 6) is -2.00. The summed E-state index contributed by atoms with van der Waals surface area (Å²) in [6.45, 7) is 0. The summed E-state index contributed by atoms with van der Waals surface area (Å²) in [7, 11) is -1.95. The van der Waals surface area contributed by atoms with E-state index in [4.69, 9.17) is 15.8 Å². The topological polar surface area (TPSA) is 96.4 Å². The van der Waals surface area contributed by atoms with Crippen LogP contribution in [-0.4, -0.2) is 28.1 Å². The van der Waals surface area contributed by atoms with Gasteiger partial charge in [0.15, 0.2) is 0 Å². The van der Waals surface area contributed by atoms with Gasteiger partial charge in [-0.1, -0.05) is 6.07 Å². The van der Waals surface area contributed by atoms with E-state index in [2.05, 4.69) is 4.98 Å². The Morgan fingerprint density at radius 3 is 2.54 bits per heavy atom. The van der Waals surface area contributed by atoms with Crippen LogP contribution >= 0.6 is 0 Å². The summed E-state index contributed by atoms with van der Waals surface area (Å²) in [4.78, 5) is 13.6. The van der Waals surface area contributed by atoms with Crippen LogP contribution in [0.2, 0.25) is 0 Å². The van der Waals surface area contributed by atoms with Crippen molar-refractivity contribution in [3.05, 3.63) is 23.8 Å². The zero-order chi connectivity index (χ0) is 10.0. The molecule has 0 atom stereocenters. The molecule has 7 heteroatoms. The van der Waals surface area contributed by atoms with Gasteiger partial charge in [-0.2, -0.15) is 4.39 Å². The summed E-state index contributed by atoms with van der Waals surface area (Å²) in [6, 6.07) is 2.15. The lowest BCUT2D eigenvalue weighted by atomic mass is 9.81. The smallest absolute Gasteiger partial charge is 0.423 e. The number of primary amides is 1. The van der Waals surface area contributed by atoms with E-state index in [-0.39, 0.29) is 5.69 Å². The van der Waals surface area contributed by atoms with Gasteiger partial charge in [-0.15, -0.1) is 0 Å². The number of halogens is 1. The second-order valence-corrected chi connectivity index (χ2v) is 2.31. The number of pyridine rings is 1. The van der Waals surface area contributed by atoms with E-state index in [0.29, 0.717) is 0 Å². The maximum atomic E-state index is 12.8. The molecule has 4 N–H and O–H groups in total. The number of rotatable bonds is 2. The Balaban J connectivity index is 3.13. The zero-order valence-corrected chi connectivity index (χ0v) is 6.44. The Kier molecular flexibility index (Phi) is 2.59. The van der Waals surface area contributed by atoms with Crippen molar-refractivity contribution >= 4 is 18.5 Å². The number of hydrogen-bond acceptors (Lipinski definition) is 4. The SMILES string of the molecule is NC(=O)c1ccc(B(O)O)c(F)n1. The molecular formula is C6H6BFN2O3. The summed E-state index contributed by atoms with van der Waals surface area (Å²) < 4.78 is 12.8. The minimum atomic E-state index is -1.95. The van der Waals surface area contributed by atoms with E-state index >= 15 is 0 Å². The first-order valence-electron chi connectivity index (χ1n) is 3.34. The van der Waals surface area contributed by atoms with Gasteiger partial charge < -0.3 is 15.8 Å². The molecular weight excluding hydrogens is 178 g/mol. The third-order valence-corrected chi connectivity index (χ3v) is 1.41. The summed E-state index contributed by atoms with van der Waals surface area (Å²) in [6.07, 6.45) is 0. The fraction of sp³-hybridized carbons (Fsp3) is 0. The molecule has 0 aliphatic carbocycles. The van der Waals surface area contributed by atoms with Gasteiger partial charge in [0.25, 0.3) is 5.91 Å². The first-order valence-corrected chi connectivity index (χ1v) is 3.34. The van der Waals surface area contributed by atoms with Crippen molar-refractivity contribution in [2.75, 3.05) is 0 Å². The maximum absolute atomic E-state index is 12.8. The highest BCUT2D eigenvalue weighted by atomic mass is 19.1. The molecule has 1 amide bonds. The first-order chi connectivity index (χ1) is 6.02. The average molecular weight is 184 g/mol.